The lowest BCUT2D eigenvalue weighted by molar-refractivity contribution is 0.979. The summed E-state index contributed by atoms with van der Waals surface area (Å²) in [7, 11) is 3.06. The van der Waals surface area contributed by atoms with Crippen molar-refractivity contribution >= 4 is 27.5 Å². The van der Waals surface area contributed by atoms with Crippen molar-refractivity contribution < 1.29 is 0 Å². The molecule has 1 rings (SSSR count). The standard InChI is InChI=1S/C3H6N4S2/c1-8-9-3-5-2(4)6-7-3/h1H3,(H3,4,5,6,7). The third-order valence-corrected chi connectivity index (χ3v) is 2.09. The van der Waals surface area contributed by atoms with Gasteiger partial charge in [0.25, 0.3) is 0 Å². The van der Waals surface area contributed by atoms with Crippen LogP contribution in [-0.2, 0) is 0 Å². The molecule has 4 nitrogen and oxygen atoms in total. The summed E-state index contributed by atoms with van der Waals surface area (Å²) < 4.78 is 0. The molecule has 1 aromatic heterocycles. The van der Waals surface area contributed by atoms with E-state index in [0.717, 1.165) is 0 Å². The van der Waals surface area contributed by atoms with Crippen molar-refractivity contribution in [3.05, 3.63) is 0 Å². The van der Waals surface area contributed by atoms with E-state index in [4.69, 9.17) is 5.73 Å². The van der Waals surface area contributed by atoms with E-state index in [1.807, 2.05) is 6.26 Å². The Hall–Kier alpha value is -0.360. The number of nitrogens with zero attached hydrogens (tertiary/aromatic N) is 2. The smallest absolute Gasteiger partial charge is 0.220 e. The van der Waals surface area contributed by atoms with E-state index >= 15 is 0 Å². The highest BCUT2D eigenvalue weighted by Crippen LogP contribution is 2.24. The predicted molar refractivity (Wildman–Crippen MR) is 40.2 cm³/mol. The number of nitrogens with two attached hydrogens (primary N) is 1. The van der Waals surface area contributed by atoms with Gasteiger partial charge in [-0.3, -0.25) is 0 Å². The number of H-pyrrole nitrogens is 1. The highest BCUT2D eigenvalue weighted by molar-refractivity contribution is 8.76. The monoisotopic (exact) mass is 162 g/mol. The lowest BCUT2D eigenvalue weighted by Gasteiger charge is -1.82. The topological polar surface area (TPSA) is 67.6 Å². The Balaban J connectivity index is 2.61. The van der Waals surface area contributed by atoms with Crippen LogP contribution in [0.25, 0.3) is 0 Å². The first kappa shape index (κ1) is 6.76. The molecule has 0 amide bonds. The molecule has 0 saturated carbocycles. The van der Waals surface area contributed by atoms with Crippen molar-refractivity contribution in [3.63, 3.8) is 0 Å². The van der Waals surface area contributed by atoms with Gasteiger partial charge in [0.1, 0.15) is 0 Å². The molecule has 0 fully saturated rings. The van der Waals surface area contributed by atoms with Crippen LogP contribution in [0.4, 0.5) is 5.95 Å². The summed E-state index contributed by atoms with van der Waals surface area (Å²) in [6, 6.07) is 0. The molecule has 9 heavy (non-hydrogen) atoms. The number of anilines is 1. The Kier molecular flexibility index (Phi) is 2.23. The van der Waals surface area contributed by atoms with Gasteiger partial charge >= 0.3 is 0 Å². The van der Waals surface area contributed by atoms with Crippen LogP contribution in [0, 0.1) is 0 Å². The van der Waals surface area contributed by atoms with Gasteiger partial charge < -0.3 is 5.73 Å². The first-order chi connectivity index (χ1) is 4.33. The first-order valence-electron chi connectivity index (χ1n) is 2.21. The Bertz CT molecular complexity index is 186. The van der Waals surface area contributed by atoms with Crippen LogP contribution in [0.5, 0.6) is 0 Å². The zero-order chi connectivity index (χ0) is 6.69. The van der Waals surface area contributed by atoms with Crippen LogP contribution in [0.3, 0.4) is 0 Å². The minimum absolute atomic E-state index is 0.367. The molecule has 0 aliphatic carbocycles. The van der Waals surface area contributed by atoms with Crippen LogP contribution in [0.2, 0.25) is 0 Å². The molecule has 3 N–H and O–H groups in total. The number of hydrogen-bond donors (Lipinski definition) is 2. The number of hydrogen-bond acceptors (Lipinski definition) is 5. The largest absolute Gasteiger partial charge is 0.368 e. The van der Waals surface area contributed by atoms with Crippen molar-refractivity contribution in [2.45, 2.75) is 5.16 Å². The predicted octanol–water partition coefficient (Wildman–Crippen LogP) is 0.757. The second-order valence-electron chi connectivity index (χ2n) is 1.25. The van der Waals surface area contributed by atoms with Gasteiger partial charge in [0.05, 0.1) is 0 Å². The summed E-state index contributed by atoms with van der Waals surface area (Å²) in [5.74, 6) is 0.367. The van der Waals surface area contributed by atoms with E-state index in [2.05, 4.69) is 15.2 Å². The van der Waals surface area contributed by atoms with Crippen molar-refractivity contribution in [3.8, 4) is 0 Å². The molecule has 0 unspecified atom stereocenters. The summed E-state index contributed by atoms with van der Waals surface area (Å²) in [5.41, 5.74) is 5.26. The Morgan fingerprint density at radius 3 is 2.89 bits per heavy atom. The van der Waals surface area contributed by atoms with E-state index in [1.54, 1.807) is 10.8 Å². The van der Waals surface area contributed by atoms with Crippen LogP contribution in [0.1, 0.15) is 0 Å². The Labute approximate surface area is 60.4 Å². The molecule has 0 radical (unpaired) electrons. The molecule has 0 bridgehead atoms. The summed E-state index contributed by atoms with van der Waals surface area (Å²) in [5, 5.41) is 7.00. The molecule has 0 aliphatic heterocycles. The molecule has 50 valence electrons. The molecule has 0 atom stereocenters. The van der Waals surface area contributed by atoms with Crippen LogP contribution < -0.4 is 5.73 Å². The van der Waals surface area contributed by atoms with Gasteiger partial charge in [-0.05, 0) is 17.0 Å². The van der Waals surface area contributed by atoms with E-state index in [1.165, 1.54) is 10.8 Å². The van der Waals surface area contributed by atoms with E-state index in [9.17, 15) is 0 Å². The number of nitrogen functional groups attached to an aromatic ring is 1. The normalized spacial score (nSPS) is 9.89. The third-order valence-electron chi connectivity index (χ3n) is 0.640. The molecule has 6 heteroatoms. The average molecular weight is 162 g/mol. The first-order valence-corrected chi connectivity index (χ1v) is 4.77. The number of nitrogens with one attached hydrogen (secondary N) is 1. The number of rotatable bonds is 2. The van der Waals surface area contributed by atoms with Gasteiger partial charge in [0, 0.05) is 0 Å². The van der Waals surface area contributed by atoms with Gasteiger partial charge in [0.15, 0.2) is 0 Å². The Morgan fingerprint density at radius 2 is 2.44 bits per heavy atom. The van der Waals surface area contributed by atoms with Crippen LogP contribution in [-0.4, -0.2) is 21.4 Å². The highest BCUT2D eigenvalue weighted by Gasteiger charge is 1.97. The molecule has 0 saturated heterocycles. The molecular formula is C3H6N4S2. The lowest BCUT2D eigenvalue weighted by Crippen LogP contribution is -1.84. The molecule has 0 spiro atoms. The summed E-state index contributed by atoms with van der Waals surface area (Å²) in [6.45, 7) is 0. The molecular weight excluding hydrogens is 156 g/mol. The van der Waals surface area contributed by atoms with Gasteiger partial charge in [0.2, 0.25) is 11.1 Å². The van der Waals surface area contributed by atoms with E-state index in [-0.39, 0.29) is 0 Å². The Morgan fingerprint density at radius 1 is 1.67 bits per heavy atom. The minimum atomic E-state index is 0.367. The maximum Gasteiger partial charge on any atom is 0.220 e. The van der Waals surface area contributed by atoms with E-state index < -0.39 is 0 Å². The molecule has 0 aliphatic rings. The SMILES string of the molecule is CSSc1n[nH]c(N)n1. The fraction of sp³-hybridized carbons (Fsp3) is 0.333. The number of aromatic amines is 1. The molecule has 1 aromatic rings. The second-order valence-corrected chi connectivity index (χ2v) is 3.62. The van der Waals surface area contributed by atoms with Crippen LogP contribution in [0.15, 0.2) is 5.16 Å². The van der Waals surface area contributed by atoms with E-state index in [0.29, 0.717) is 11.1 Å². The quantitative estimate of drug-likeness (QED) is 0.628. The molecule has 0 aromatic carbocycles. The second kappa shape index (κ2) is 2.98. The fourth-order valence-corrected chi connectivity index (χ4v) is 1.41. The number of aromatic nitrogens is 3. The summed E-state index contributed by atoms with van der Waals surface area (Å²) >= 11 is 0. The lowest BCUT2D eigenvalue weighted by atomic mass is 11.1. The van der Waals surface area contributed by atoms with Crippen LogP contribution >= 0.6 is 21.6 Å². The van der Waals surface area contributed by atoms with Gasteiger partial charge in [-0.25, -0.2) is 5.10 Å². The minimum Gasteiger partial charge on any atom is -0.368 e. The van der Waals surface area contributed by atoms with Crippen molar-refractivity contribution in [2.75, 3.05) is 12.0 Å². The highest BCUT2D eigenvalue weighted by atomic mass is 33.1. The van der Waals surface area contributed by atoms with Crippen molar-refractivity contribution in [1.29, 1.82) is 0 Å². The fourth-order valence-electron chi connectivity index (χ4n) is 0.370. The summed E-state index contributed by atoms with van der Waals surface area (Å²) in [6.07, 6.45) is 1.96. The van der Waals surface area contributed by atoms with Gasteiger partial charge in [-0.1, -0.05) is 10.8 Å². The average Bonchev–Trinajstić information content (AvgIpc) is 2.17. The maximum atomic E-state index is 5.26. The zero-order valence-corrected chi connectivity index (χ0v) is 6.42. The van der Waals surface area contributed by atoms with Crippen molar-refractivity contribution in [1.82, 2.24) is 15.2 Å². The zero-order valence-electron chi connectivity index (χ0n) is 4.79. The van der Waals surface area contributed by atoms with Gasteiger partial charge in [-0.2, -0.15) is 4.98 Å². The third kappa shape index (κ3) is 1.79. The molecule has 1 heterocycles. The summed E-state index contributed by atoms with van der Waals surface area (Å²) in [4.78, 5) is 3.85. The maximum absolute atomic E-state index is 5.26. The van der Waals surface area contributed by atoms with Gasteiger partial charge in [-0.15, -0.1) is 5.10 Å². The van der Waals surface area contributed by atoms with Crippen molar-refractivity contribution in [2.24, 2.45) is 0 Å².